The van der Waals surface area contributed by atoms with Crippen LogP contribution in [0.3, 0.4) is 0 Å². The summed E-state index contributed by atoms with van der Waals surface area (Å²) in [5.41, 5.74) is 5.25. The van der Waals surface area contributed by atoms with Crippen LogP contribution in [-0.2, 0) is 13.0 Å². The Hall–Kier alpha value is -3.80. The van der Waals surface area contributed by atoms with Gasteiger partial charge in [-0.1, -0.05) is 42.8 Å². The fourth-order valence-electron chi connectivity index (χ4n) is 4.79. The molecule has 0 spiro atoms. The molecule has 4 aromatic rings. The predicted molar refractivity (Wildman–Crippen MR) is 153 cm³/mol. The molecule has 1 N–H and O–H groups in total. The zero-order valence-corrected chi connectivity index (χ0v) is 22.8. The van der Waals surface area contributed by atoms with Crippen molar-refractivity contribution >= 4 is 16.9 Å². The Morgan fingerprint density at radius 2 is 1.68 bits per heavy atom. The fourth-order valence-corrected chi connectivity index (χ4v) is 4.79. The largest absolute Gasteiger partial charge is 0.497 e. The number of ether oxygens (including phenoxy) is 2. The Balaban J connectivity index is 1.23. The van der Waals surface area contributed by atoms with Crippen LogP contribution >= 0.6 is 0 Å². The van der Waals surface area contributed by atoms with Gasteiger partial charge in [0.2, 0.25) is 0 Å². The monoisotopic (exact) mass is 513 g/mol. The molecule has 6 heteroatoms. The molecule has 1 heterocycles. The van der Waals surface area contributed by atoms with Crippen molar-refractivity contribution < 1.29 is 14.3 Å². The van der Waals surface area contributed by atoms with Crippen LogP contribution in [0.2, 0.25) is 0 Å². The summed E-state index contributed by atoms with van der Waals surface area (Å²) in [6.45, 7) is 6.51. The molecular weight excluding hydrogens is 474 g/mol. The Morgan fingerprint density at radius 3 is 2.50 bits per heavy atom. The molecule has 0 saturated heterocycles. The highest BCUT2D eigenvalue weighted by Crippen LogP contribution is 2.23. The third-order valence-corrected chi connectivity index (χ3v) is 6.86. The molecular formula is C32H39N3O3. The minimum atomic E-state index is -0.0627. The lowest BCUT2D eigenvalue weighted by Crippen LogP contribution is -2.24. The fraction of sp³-hybridized carbons (Fsp3) is 0.375. The zero-order valence-electron chi connectivity index (χ0n) is 22.8. The Morgan fingerprint density at radius 1 is 0.895 bits per heavy atom. The van der Waals surface area contributed by atoms with E-state index < -0.39 is 0 Å². The van der Waals surface area contributed by atoms with E-state index in [1.165, 1.54) is 16.6 Å². The predicted octanol–water partition coefficient (Wildman–Crippen LogP) is 6.66. The van der Waals surface area contributed by atoms with Gasteiger partial charge in [-0.3, -0.25) is 4.79 Å². The Bertz CT molecular complexity index is 1320. The van der Waals surface area contributed by atoms with E-state index in [1.54, 1.807) is 19.2 Å². The van der Waals surface area contributed by atoms with Gasteiger partial charge in [-0.05, 0) is 81.0 Å². The van der Waals surface area contributed by atoms with Crippen molar-refractivity contribution in [3.8, 4) is 11.5 Å². The van der Waals surface area contributed by atoms with Gasteiger partial charge in [-0.15, -0.1) is 0 Å². The van der Waals surface area contributed by atoms with Crippen LogP contribution < -0.4 is 14.8 Å². The highest BCUT2D eigenvalue weighted by molar-refractivity contribution is 5.94. The SMILES string of the molecule is COc1cccc(C(=O)NCCCCCc2nc3ccccc3n2CCCCOc2c(C)cccc2C)c1. The van der Waals surface area contributed by atoms with Crippen molar-refractivity contribution in [2.75, 3.05) is 20.3 Å². The summed E-state index contributed by atoms with van der Waals surface area (Å²) in [6, 6.07) is 21.9. The summed E-state index contributed by atoms with van der Waals surface area (Å²) >= 11 is 0. The zero-order chi connectivity index (χ0) is 26.7. The van der Waals surface area contributed by atoms with Gasteiger partial charge in [-0.25, -0.2) is 4.98 Å². The number of benzene rings is 3. The number of unbranched alkanes of at least 4 members (excludes halogenated alkanes) is 3. The molecule has 6 nitrogen and oxygen atoms in total. The van der Waals surface area contributed by atoms with E-state index in [2.05, 4.69) is 60.1 Å². The molecule has 0 unspecified atom stereocenters. The number of amides is 1. The molecule has 0 atom stereocenters. The van der Waals surface area contributed by atoms with E-state index in [4.69, 9.17) is 14.5 Å². The number of fused-ring (bicyclic) bond motifs is 1. The van der Waals surface area contributed by atoms with Crippen molar-refractivity contribution in [3.63, 3.8) is 0 Å². The van der Waals surface area contributed by atoms with E-state index in [1.807, 2.05) is 18.2 Å². The number of nitrogens with zero attached hydrogens (tertiary/aromatic N) is 2. The lowest BCUT2D eigenvalue weighted by Gasteiger charge is -2.13. The summed E-state index contributed by atoms with van der Waals surface area (Å²) in [4.78, 5) is 17.3. The van der Waals surface area contributed by atoms with Crippen molar-refractivity contribution in [1.29, 1.82) is 0 Å². The number of aryl methyl sites for hydroxylation is 4. The maximum absolute atomic E-state index is 12.4. The second-order valence-electron chi connectivity index (χ2n) is 9.74. The number of carbonyl (C=O) groups is 1. The molecule has 0 bridgehead atoms. The highest BCUT2D eigenvalue weighted by atomic mass is 16.5. The molecule has 0 saturated carbocycles. The molecule has 0 aliphatic carbocycles. The Labute approximate surface area is 226 Å². The highest BCUT2D eigenvalue weighted by Gasteiger charge is 2.11. The maximum atomic E-state index is 12.4. The first-order valence-corrected chi connectivity index (χ1v) is 13.6. The number of methoxy groups -OCH3 is 1. The van der Waals surface area contributed by atoms with Gasteiger partial charge >= 0.3 is 0 Å². The molecule has 4 rings (SSSR count). The number of hydrogen-bond acceptors (Lipinski definition) is 4. The van der Waals surface area contributed by atoms with Crippen molar-refractivity contribution in [2.24, 2.45) is 0 Å². The molecule has 1 amide bonds. The second-order valence-corrected chi connectivity index (χ2v) is 9.74. The summed E-state index contributed by atoms with van der Waals surface area (Å²) < 4.78 is 13.7. The third-order valence-electron chi connectivity index (χ3n) is 6.86. The number of imidazole rings is 1. The van der Waals surface area contributed by atoms with E-state index in [0.29, 0.717) is 17.9 Å². The minimum absolute atomic E-state index is 0.0627. The van der Waals surface area contributed by atoms with Crippen LogP contribution in [0.5, 0.6) is 11.5 Å². The first-order valence-electron chi connectivity index (χ1n) is 13.6. The molecule has 0 fully saturated rings. The van der Waals surface area contributed by atoms with Gasteiger partial charge in [0.25, 0.3) is 5.91 Å². The molecule has 0 aliphatic heterocycles. The van der Waals surface area contributed by atoms with Crippen LogP contribution in [0.15, 0.2) is 66.7 Å². The van der Waals surface area contributed by atoms with Gasteiger partial charge in [-0.2, -0.15) is 0 Å². The van der Waals surface area contributed by atoms with Crippen LogP contribution in [-0.4, -0.2) is 35.7 Å². The summed E-state index contributed by atoms with van der Waals surface area (Å²) in [6.07, 6.45) is 5.96. The third kappa shape index (κ3) is 7.15. The van der Waals surface area contributed by atoms with E-state index in [-0.39, 0.29) is 5.91 Å². The van der Waals surface area contributed by atoms with Crippen LogP contribution in [0.1, 0.15) is 59.4 Å². The average Bonchev–Trinajstić information content (AvgIpc) is 3.29. The maximum Gasteiger partial charge on any atom is 0.251 e. The number of aromatic nitrogens is 2. The minimum Gasteiger partial charge on any atom is -0.497 e. The standard InChI is InChI=1S/C32H39N3O3/c1-24-13-11-14-25(2)31(24)38-22-10-9-21-35-29-18-7-6-17-28(29)34-30(35)19-5-4-8-20-33-32(36)26-15-12-16-27(23-26)37-3/h6-7,11-18,23H,4-5,8-10,19-22H2,1-3H3,(H,33,36). The lowest BCUT2D eigenvalue weighted by atomic mass is 10.1. The van der Waals surface area contributed by atoms with E-state index >= 15 is 0 Å². The van der Waals surface area contributed by atoms with Crippen molar-refractivity contribution in [1.82, 2.24) is 14.9 Å². The molecule has 0 aliphatic rings. The summed E-state index contributed by atoms with van der Waals surface area (Å²) in [5.74, 6) is 2.78. The van der Waals surface area contributed by atoms with Gasteiger partial charge < -0.3 is 19.4 Å². The molecule has 0 radical (unpaired) electrons. The first kappa shape index (κ1) is 27.2. The number of carbonyl (C=O) groups excluding carboxylic acids is 1. The first-order chi connectivity index (χ1) is 18.6. The summed E-state index contributed by atoms with van der Waals surface area (Å²) in [7, 11) is 1.60. The smallest absolute Gasteiger partial charge is 0.251 e. The quantitative estimate of drug-likeness (QED) is 0.191. The molecule has 200 valence electrons. The van der Waals surface area contributed by atoms with Gasteiger partial charge in [0.1, 0.15) is 17.3 Å². The second kappa shape index (κ2) is 13.7. The van der Waals surface area contributed by atoms with Crippen LogP contribution in [0.25, 0.3) is 11.0 Å². The molecule has 3 aromatic carbocycles. The molecule has 38 heavy (non-hydrogen) atoms. The van der Waals surface area contributed by atoms with E-state index in [0.717, 1.165) is 68.8 Å². The van der Waals surface area contributed by atoms with Crippen molar-refractivity contribution in [3.05, 3.63) is 89.2 Å². The van der Waals surface area contributed by atoms with Crippen molar-refractivity contribution in [2.45, 2.75) is 58.9 Å². The van der Waals surface area contributed by atoms with Crippen LogP contribution in [0.4, 0.5) is 0 Å². The number of rotatable bonds is 14. The van der Waals surface area contributed by atoms with Crippen LogP contribution in [0, 0.1) is 13.8 Å². The lowest BCUT2D eigenvalue weighted by molar-refractivity contribution is 0.0952. The van der Waals surface area contributed by atoms with E-state index in [9.17, 15) is 4.79 Å². The number of para-hydroxylation sites is 3. The number of nitrogens with one attached hydrogen (secondary N) is 1. The Kier molecular flexibility index (Phi) is 9.79. The van der Waals surface area contributed by atoms with Gasteiger partial charge in [0, 0.05) is 25.1 Å². The van der Waals surface area contributed by atoms with Gasteiger partial charge in [0.05, 0.1) is 24.8 Å². The van der Waals surface area contributed by atoms with Gasteiger partial charge in [0.15, 0.2) is 0 Å². The summed E-state index contributed by atoms with van der Waals surface area (Å²) in [5, 5.41) is 3.01. The topological polar surface area (TPSA) is 65.4 Å². The molecule has 1 aromatic heterocycles. The normalized spacial score (nSPS) is 11.0. The number of hydrogen-bond donors (Lipinski definition) is 1. The average molecular weight is 514 g/mol.